The molecule has 1 atom stereocenters. The lowest BCUT2D eigenvalue weighted by Gasteiger charge is -2.25. The lowest BCUT2D eigenvalue weighted by Crippen LogP contribution is -2.50. The normalized spacial score (nSPS) is 19.7. The summed E-state index contributed by atoms with van der Waals surface area (Å²) >= 11 is 0. The molecule has 18 heavy (non-hydrogen) atoms. The van der Waals surface area contributed by atoms with E-state index >= 15 is 0 Å². The molecule has 0 aromatic rings. The van der Waals surface area contributed by atoms with Crippen LogP contribution in [0.2, 0.25) is 0 Å². The Labute approximate surface area is 105 Å². The molecular weight excluding hydrogens is 238 g/mol. The molecule has 0 bridgehead atoms. The van der Waals surface area contributed by atoms with Gasteiger partial charge in [-0.25, -0.2) is 9.59 Å². The SMILES string of the molecule is CC(C)(CNC(=O)N1CCC[C@H]1C(=O)O)C(N)=O. The molecule has 0 aromatic heterocycles. The summed E-state index contributed by atoms with van der Waals surface area (Å²) in [6, 6.07) is -1.24. The number of primary amides is 1. The van der Waals surface area contributed by atoms with Gasteiger partial charge in [0.1, 0.15) is 6.04 Å². The number of nitrogens with one attached hydrogen (secondary N) is 1. The number of hydrogen-bond donors (Lipinski definition) is 3. The highest BCUT2D eigenvalue weighted by atomic mass is 16.4. The van der Waals surface area contributed by atoms with Crippen LogP contribution in [0.1, 0.15) is 26.7 Å². The van der Waals surface area contributed by atoms with Crippen LogP contribution in [0.3, 0.4) is 0 Å². The summed E-state index contributed by atoms with van der Waals surface area (Å²) in [5.41, 5.74) is 4.33. The van der Waals surface area contributed by atoms with Crippen molar-refractivity contribution in [2.45, 2.75) is 32.7 Å². The van der Waals surface area contributed by atoms with Crippen molar-refractivity contribution in [2.24, 2.45) is 11.1 Å². The number of hydrogen-bond acceptors (Lipinski definition) is 3. The molecule has 1 heterocycles. The third-order valence-corrected chi connectivity index (χ3v) is 3.15. The number of nitrogens with zero attached hydrogens (tertiary/aromatic N) is 1. The maximum Gasteiger partial charge on any atom is 0.326 e. The third kappa shape index (κ3) is 3.12. The number of likely N-dealkylation sites (tertiary alicyclic amines) is 1. The fourth-order valence-corrected chi connectivity index (χ4v) is 1.75. The zero-order chi connectivity index (χ0) is 13.9. The monoisotopic (exact) mass is 257 g/mol. The van der Waals surface area contributed by atoms with Gasteiger partial charge in [-0.3, -0.25) is 4.79 Å². The van der Waals surface area contributed by atoms with Gasteiger partial charge in [0, 0.05) is 13.1 Å². The van der Waals surface area contributed by atoms with E-state index in [0.29, 0.717) is 19.4 Å². The molecule has 0 aliphatic carbocycles. The summed E-state index contributed by atoms with van der Waals surface area (Å²) in [4.78, 5) is 35.1. The Hall–Kier alpha value is -1.79. The predicted octanol–water partition coefficient (Wildman–Crippen LogP) is -0.243. The van der Waals surface area contributed by atoms with Gasteiger partial charge in [-0.2, -0.15) is 0 Å². The Balaban J connectivity index is 2.56. The Morgan fingerprint density at radius 1 is 1.44 bits per heavy atom. The summed E-state index contributed by atoms with van der Waals surface area (Å²) in [5.74, 6) is -1.52. The van der Waals surface area contributed by atoms with Crippen LogP contribution in [0.5, 0.6) is 0 Å². The topological polar surface area (TPSA) is 113 Å². The molecule has 7 heteroatoms. The van der Waals surface area contributed by atoms with Crippen molar-refractivity contribution in [3.8, 4) is 0 Å². The molecule has 0 spiro atoms. The Morgan fingerprint density at radius 2 is 2.06 bits per heavy atom. The molecule has 0 saturated carbocycles. The van der Waals surface area contributed by atoms with E-state index in [4.69, 9.17) is 10.8 Å². The lowest BCUT2D eigenvalue weighted by atomic mass is 9.93. The van der Waals surface area contributed by atoms with Gasteiger partial charge in [0.2, 0.25) is 5.91 Å². The largest absolute Gasteiger partial charge is 0.480 e. The molecule has 102 valence electrons. The van der Waals surface area contributed by atoms with E-state index < -0.39 is 29.4 Å². The first-order valence-electron chi connectivity index (χ1n) is 5.83. The maximum absolute atomic E-state index is 11.8. The molecule has 1 aliphatic heterocycles. The van der Waals surface area contributed by atoms with Crippen LogP contribution in [0.25, 0.3) is 0 Å². The second-order valence-electron chi connectivity index (χ2n) is 5.10. The standard InChI is InChI=1S/C11H19N3O4/c1-11(2,9(12)17)6-13-10(18)14-5-3-4-7(14)8(15)16/h7H,3-6H2,1-2H3,(H2,12,17)(H,13,18)(H,15,16)/t7-/m0/s1. The van der Waals surface area contributed by atoms with Crippen molar-refractivity contribution >= 4 is 17.9 Å². The molecule has 1 fully saturated rings. The van der Waals surface area contributed by atoms with Crippen molar-refractivity contribution in [3.63, 3.8) is 0 Å². The lowest BCUT2D eigenvalue weighted by molar-refractivity contribution is -0.141. The fourth-order valence-electron chi connectivity index (χ4n) is 1.75. The maximum atomic E-state index is 11.8. The highest BCUT2D eigenvalue weighted by molar-refractivity contribution is 5.84. The van der Waals surface area contributed by atoms with Crippen LogP contribution in [-0.4, -0.2) is 47.0 Å². The quantitative estimate of drug-likeness (QED) is 0.644. The van der Waals surface area contributed by atoms with Gasteiger partial charge in [-0.05, 0) is 26.7 Å². The van der Waals surface area contributed by atoms with Crippen molar-refractivity contribution in [1.29, 1.82) is 0 Å². The molecule has 1 rings (SSSR count). The van der Waals surface area contributed by atoms with E-state index in [1.165, 1.54) is 4.90 Å². The predicted molar refractivity (Wildman–Crippen MR) is 63.7 cm³/mol. The van der Waals surface area contributed by atoms with E-state index in [1.54, 1.807) is 13.8 Å². The second-order valence-corrected chi connectivity index (χ2v) is 5.10. The van der Waals surface area contributed by atoms with Gasteiger partial charge >= 0.3 is 12.0 Å². The number of carbonyl (C=O) groups excluding carboxylic acids is 2. The van der Waals surface area contributed by atoms with Crippen LogP contribution < -0.4 is 11.1 Å². The second kappa shape index (κ2) is 5.24. The fraction of sp³-hybridized carbons (Fsp3) is 0.727. The number of nitrogens with two attached hydrogens (primary N) is 1. The average molecular weight is 257 g/mol. The van der Waals surface area contributed by atoms with Crippen molar-refractivity contribution in [3.05, 3.63) is 0 Å². The van der Waals surface area contributed by atoms with Crippen LogP contribution in [-0.2, 0) is 9.59 Å². The third-order valence-electron chi connectivity index (χ3n) is 3.15. The van der Waals surface area contributed by atoms with E-state index in [9.17, 15) is 14.4 Å². The van der Waals surface area contributed by atoms with Crippen molar-refractivity contribution in [2.75, 3.05) is 13.1 Å². The minimum absolute atomic E-state index is 0.0873. The van der Waals surface area contributed by atoms with Gasteiger partial charge in [-0.15, -0.1) is 0 Å². The summed E-state index contributed by atoms with van der Waals surface area (Å²) in [6.45, 7) is 3.74. The number of rotatable bonds is 4. The molecular formula is C11H19N3O4. The van der Waals surface area contributed by atoms with Crippen LogP contribution in [0.15, 0.2) is 0 Å². The molecule has 4 N–H and O–H groups in total. The Morgan fingerprint density at radius 3 is 2.56 bits per heavy atom. The average Bonchev–Trinajstić information content (AvgIpc) is 2.74. The van der Waals surface area contributed by atoms with Gasteiger partial charge in [0.25, 0.3) is 0 Å². The molecule has 3 amide bonds. The highest BCUT2D eigenvalue weighted by Crippen LogP contribution is 2.18. The smallest absolute Gasteiger partial charge is 0.326 e. The zero-order valence-corrected chi connectivity index (χ0v) is 10.6. The first kappa shape index (κ1) is 14.3. The van der Waals surface area contributed by atoms with E-state index in [2.05, 4.69) is 5.32 Å². The van der Waals surface area contributed by atoms with E-state index in [-0.39, 0.29) is 6.54 Å². The first-order valence-corrected chi connectivity index (χ1v) is 5.83. The van der Waals surface area contributed by atoms with Crippen LogP contribution >= 0.6 is 0 Å². The van der Waals surface area contributed by atoms with Crippen LogP contribution in [0.4, 0.5) is 4.79 Å². The highest BCUT2D eigenvalue weighted by Gasteiger charge is 2.35. The van der Waals surface area contributed by atoms with Gasteiger partial charge < -0.3 is 21.1 Å². The van der Waals surface area contributed by atoms with E-state index in [0.717, 1.165) is 0 Å². The van der Waals surface area contributed by atoms with Gasteiger partial charge in [0.15, 0.2) is 0 Å². The van der Waals surface area contributed by atoms with Gasteiger partial charge in [0.05, 0.1) is 5.41 Å². The summed E-state index contributed by atoms with van der Waals surface area (Å²) in [7, 11) is 0. The molecule has 1 aliphatic rings. The number of aliphatic carboxylic acids is 1. The Bertz CT molecular complexity index is 367. The number of urea groups is 1. The summed E-state index contributed by atoms with van der Waals surface area (Å²) in [6.07, 6.45) is 1.13. The number of carbonyl (C=O) groups is 3. The minimum Gasteiger partial charge on any atom is -0.480 e. The molecule has 7 nitrogen and oxygen atoms in total. The molecule has 1 saturated heterocycles. The zero-order valence-electron chi connectivity index (χ0n) is 10.6. The summed E-state index contributed by atoms with van der Waals surface area (Å²) < 4.78 is 0. The number of amides is 3. The molecule has 0 unspecified atom stereocenters. The van der Waals surface area contributed by atoms with Crippen molar-refractivity contribution < 1.29 is 19.5 Å². The minimum atomic E-state index is -1.00. The van der Waals surface area contributed by atoms with Gasteiger partial charge in [-0.1, -0.05) is 0 Å². The number of carboxylic acid groups (broad SMARTS) is 1. The van der Waals surface area contributed by atoms with Crippen molar-refractivity contribution in [1.82, 2.24) is 10.2 Å². The Kier molecular flexibility index (Phi) is 4.15. The van der Waals surface area contributed by atoms with E-state index in [1.807, 2.05) is 0 Å². The first-order chi connectivity index (χ1) is 8.25. The van der Waals surface area contributed by atoms with Crippen LogP contribution in [0, 0.1) is 5.41 Å². The summed E-state index contributed by atoms with van der Waals surface area (Å²) in [5, 5.41) is 11.5. The number of carboxylic acids is 1. The molecule has 0 aromatic carbocycles. The molecule has 0 radical (unpaired) electrons.